The Bertz CT molecular complexity index is 887. The van der Waals surface area contributed by atoms with E-state index in [9.17, 15) is 9.65 Å². The smallest absolute Gasteiger partial charge is 0.236 e. The van der Waals surface area contributed by atoms with E-state index in [2.05, 4.69) is 10.3 Å². The molecule has 0 aliphatic heterocycles. The molecule has 0 fully saturated rings. The van der Waals surface area contributed by atoms with Gasteiger partial charge in [-0.3, -0.25) is 0 Å². The topological polar surface area (TPSA) is 71.1 Å². The lowest BCUT2D eigenvalue weighted by Gasteiger charge is -2.13. The molecule has 2 aromatic carbocycles. The molecule has 0 amide bonds. The third-order valence-corrected chi connectivity index (χ3v) is 3.61. The van der Waals surface area contributed by atoms with Crippen molar-refractivity contribution in [3.63, 3.8) is 0 Å². The summed E-state index contributed by atoms with van der Waals surface area (Å²) in [6.45, 7) is 1.88. The summed E-state index contributed by atoms with van der Waals surface area (Å²) < 4.78 is 24.5. The normalized spacial score (nSPS) is 11.6. The lowest BCUT2D eigenvalue weighted by atomic mass is 10.1. The van der Waals surface area contributed by atoms with E-state index >= 15 is 0 Å². The van der Waals surface area contributed by atoms with Gasteiger partial charge in [-0.15, -0.1) is 0 Å². The minimum atomic E-state index is -0.467. The van der Waals surface area contributed by atoms with E-state index < -0.39 is 5.82 Å². The number of anilines is 1. The average Bonchev–Trinajstić information content (AvgIpc) is 3.03. The zero-order chi connectivity index (χ0) is 17.6. The van der Waals surface area contributed by atoms with Crippen LogP contribution in [0.5, 0.6) is 5.75 Å². The molecule has 0 aliphatic rings. The van der Waals surface area contributed by atoms with Gasteiger partial charge in [-0.25, -0.2) is 4.39 Å². The predicted octanol–water partition coefficient (Wildman–Crippen LogP) is 4.44. The van der Waals surface area contributed by atoms with Crippen LogP contribution in [-0.2, 0) is 6.61 Å². The van der Waals surface area contributed by atoms with Gasteiger partial charge in [0.2, 0.25) is 17.5 Å². The third kappa shape index (κ3) is 3.96. The van der Waals surface area contributed by atoms with Crippen LogP contribution in [0.4, 0.5) is 10.3 Å². The van der Waals surface area contributed by atoms with Crippen molar-refractivity contribution in [1.29, 1.82) is 5.26 Å². The number of benzene rings is 2. The largest absolute Gasteiger partial charge is 0.481 e. The summed E-state index contributed by atoms with van der Waals surface area (Å²) in [6, 6.07) is 17.7. The number of para-hydroxylation sites is 1. The Morgan fingerprint density at radius 2 is 1.92 bits per heavy atom. The summed E-state index contributed by atoms with van der Waals surface area (Å²) in [5.74, 6) is 0.102. The molecule has 0 spiro atoms. The molecule has 1 aromatic heterocycles. The summed E-state index contributed by atoms with van der Waals surface area (Å²) in [5, 5.41) is 12.4. The van der Waals surface area contributed by atoms with Gasteiger partial charge < -0.3 is 14.5 Å². The number of hydrogen-bond acceptors (Lipinski definition) is 5. The summed E-state index contributed by atoms with van der Waals surface area (Å²) in [7, 11) is 0. The van der Waals surface area contributed by atoms with E-state index in [-0.39, 0.29) is 35.9 Å². The van der Waals surface area contributed by atoms with Crippen molar-refractivity contribution >= 4 is 5.88 Å². The fourth-order valence-electron chi connectivity index (χ4n) is 2.32. The number of nitrogens with zero attached hydrogens (tertiary/aromatic N) is 2. The van der Waals surface area contributed by atoms with Gasteiger partial charge in [0, 0.05) is 0 Å². The summed E-state index contributed by atoms with van der Waals surface area (Å²) in [6.07, 6.45) is 0. The van der Waals surface area contributed by atoms with Crippen molar-refractivity contribution in [2.75, 3.05) is 5.32 Å². The first kappa shape index (κ1) is 16.5. The van der Waals surface area contributed by atoms with Gasteiger partial charge in [-0.1, -0.05) is 42.5 Å². The van der Waals surface area contributed by atoms with Crippen molar-refractivity contribution in [3.05, 3.63) is 77.6 Å². The number of halogens is 1. The second-order valence-corrected chi connectivity index (χ2v) is 5.39. The van der Waals surface area contributed by atoms with Crippen LogP contribution in [0.25, 0.3) is 0 Å². The lowest BCUT2D eigenvalue weighted by Crippen LogP contribution is -2.06. The molecule has 1 heterocycles. The van der Waals surface area contributed by atoms with Crippen LogP contribution in [0.1, 0.15) is 30.1 Å². The Balaban J connectivity index is 1.71. The Labute approximate surface area is 144 Å². The number of hydrogen-bond donors (Lipinski definition) is 1. The summed E-state index contributed by atoms with van der Waals surface area (Å²) >= 11 is 0. The maximum atomic E-state index is 13.6. The Morgan fingerprint density at radius 3 is 2.64 bits per heavy atom. The first-order valence-corrected chi connectivity index (χ1v) is 7.76. The predicted molar refractivity (Wildman–Crippen MR) is 90.4 cm³/mol. The molecule has 25 heavy (non-hydrogen) atoms. The molecule has 1 N–H and O–H groups in total. The molecule has 0 saturated carbocycles. The highest BCUT2D eigenvalue weighted by molar-refractivity contribution is 5.47. The first-order chi connectivity index (χ1) is 12.2. The van der Waals surface area contributed by atoms with E-state index in [4.69, 9.17) is 9.15 Å². The quantitative estimate of drug-likeness (QED) is 0.720. The number of oxazole rings is 1. The van der Waals surface area contributed by atoms with Gasteiger partial charge in [0.15, 0.2) is 18.2 Å². The summed E-state index contributed by atoms with van der Waals surface area (Å²) in [5.41, 5.74) is 1.18. The van der Waals surface area contributed by atoms with Crippen molar-refractivity contribution in [2.24, 2.45) is 0 Å². The standard InChI is InChI=1S/C19H16FN3O2/c1-13(14-7-3-2-4-8-14)22-19-16(11-21)23-18(25-19)12-24-17-10-6-5-9-15(17)20/h2-10,13,22H,12H2,1H3. The molecule has 3 aromatic rings. The van der Waals surface area contributed by atoms with Gasteiger partial charge >= 0.3 is 0 Å². The third-order valence-electron chi connectivity index (χ3n) is 3.61. The van der Waals surface area contributed by atoms with Crippen LogP contribution in [0, 0.1) is 17.1 Å². The van der Waals surface area contributed by atoms with E-state index in [0.29, 0.717) is 0 Å². The highest BCUT2D eigenvalue weighted by Gasteiger charge is 2.16. The van der Waals surface area contributed by atoms with Gasteiger partial charge in [0.05, 0.1) is 6.04 Å². The Kier molecular flexibility index (Phi) is 4.95. The van der Waals surface area contributed by atoms with Gasteiger partial charge in [0.25, 0.3) is 0 Å². The van der Waals surface area contributed by atoms with Crippen LogP contribution < -0.4 is 10.1 Å². The maximum absolute atomic E-state index is 13.6. The molecule has 0 bridgehead atoms. The minimum Gasteiger partial charge on any atom is -0.481 e. The highest BCUT2D eigenvalue weighted by Crippen LogP contribution is 2.24. The van der Waals surface area contributed by atoms with Crippen molar-refractivity contribution in [1.82, 2.24) is 4.98 Å². The average molecular weight is 337 g/mol. The zero-order valence-electron chi connectivity index (χ0n) is 13.6. The molecular weight excluding hydrogens is 321 g/mol. The van der Waals surface area contributed by atoms with Gasteiger partial charge in [0.1, 0.15) is 6.07 Å². The molecule has 1 unspecified atom stereocenters. The molecule has 0 radical (unpaired) electrons. The second-order valence-electron chi connectivity index (χ2n) is 5.39. The second kappa shape index (κ2) is 7.49. The van der Waals surface area contributed by atoms with Gasteiger partial charge in [-0.05, 0) is 24.6 Å². The van der Waals surface area contributed by atoms with Crippen molar-refractivity contribution in [2.45, 2.75) is 19.6 Å². The van der Waals surface area contributed by atoms with E-state index in [0.717, 1.165) is 5.56 Å². The Hall–Kier alpha value is -3.33. The minimum absolute atomic E-state index is 0.0680. The fourth-order valence-corrected chi connectivity index (χ4v) is 2.32. The number of nitriles is 1. The number of rotatable bonds is 6. The van der Waals surface area contributed by atoms with Crippen LogP contribution in [0.3, 0.4) is 0 Å². The Morgan fingerprint density at radius 1 is 1.20 bits per heavy atom. The van der Waals surface area contributed by atoms with E-state index in [1.54, 1.807) is 12.1 Å². The molecule has 6 heteroatoms. The molecule has 5 nitrogen and oxygen atoms in total. The van der Waals surface area contributed by atoms with Crippen LogP contribution in [0.2, 0.25) is 0 Å². The van der Waals surface area contributed by atoms with Crippen molar-refractivity contribution in [3.8, 4) is 11.8 Å². The number of aromatic nitrogens is 1. The molecule has 1 atom stereocenters. The molecule has 3 rings (SSSR count). The number of ether oxygens (including phenoxy) is 1. The van der Waals surface area contributed by atoms with Crippen molar-refractivity contribution < 1.29 is 13.5 Å². The lowest BCUT2D eigenvalue weighted by molar-refractivity contribution is 0.253. The van der Waals surface area contributed by atoms with Gasteiger partial charge in [-0.2, -0.15) is 10.2 Å². The highest BCUT2D eigenvalue weighted by atomic mass is 19.1. The first-order valence-electron chi connectivity index (χ1n) is 7.76. The monoisotopic (exact) mass is 337 g/mol. The maximum Gasteiger partial charge on any atom is 0.236 e. The van der Waals surface area contributed by atoms with Crippen LogP contribution in [-0.4, -0.2) is 4.98 Å². The van der Waals surface area contributed by atoms with E-state index in [1.165, 1.54) is 12.1 Å². The fraction of sp³-hybridized carbons (Fsp3) is 0.158. The molecule has 0 aliphatic carbocycles. The summed E-state index contributed by atoms with van der Waals surface area (Å²) in [4.78, 5) is 4.08. The zero-order valence-corrected chi connectivity index (χ0v) is 13.6. The SMILES string of the molecule is CC(Nc1oc(COc2ccccc2F)nc1C#N)c1ccccc1. The van der Waals surface area contributed by atoms with E-state index in [1.807, 2.05) is 43.3 Å². The molecular formula is C19H16FN3O2. The number of nitrogens with one attached hydrogen (secondary N) is 1. The van der Waals surface area contributed by atoms with Crippen LogP contribution in [0.15, 0.2) is 59.0 Å². The van der Waals surface area contributed by atoms with Crippen LogP contribution >= 0.6 is 0 Å². The molecule has 126 valence electrons. The molecule has 0 saturated heterocycles.